The third-order valence-electron chi connectivity index (χ3n) is 3.74. The van der Waals surface area contributed by atoms with E-state index >= 15 is 0 Å². The van der Waals surface area contributed by atoms with Crippen LogP contribution in [0.1, 0.15) is 22.8 Å². The van der Waals surface area contributed by atoms with Crippen molar-refractivity contribution in [2.75, 3.05) is 0 Å². The van der Waals surface area contributed by atoms with E-state index in [4.69, 9.17) is 4.42 Å². The smallest absolute Gasteiger partial charge is 0.270 e. The summed E-state index contributed by atoms with van der Waals surface area (Å²) in [6.45, 7) is 3.14. The van der Waals surface area contributed by atoms with Gasteiger partial charge in [-0.25, -0.2) is 4.99 Å². The zero-order chi connectivity index (χ0) is 19.6. The zero-order valence-electron chi connectivity index (χ0n) is 14.6. The number of imide groups is 1. The molecule has 1 aromatic heterocycles. The number of carbonyl (C=O) groups is 2. The molecule has 2 amide bonds. The number of hydrogen-bond donors (Lipinski definition) is 1. The minimum atomic E-state index is -0.703. The van der Waals surface area contributed by atoms with Crippen molar-refractivity contribution in [3.8, 4) is 0 Å². The van der Waals surface area contributed by atoms with E-state index < -0.39 is 16.7 Å². The van der Waals surface area contributed by atoms with E-state index in [-0.39, 0.29) is 16.8 Å². The molecule has 0 aliphatic heterocycles. The van der Waals surface area contributed by atoms with Gasteiger partial charge in [-0.05, 0) is 31.2 Å². The maximum atomic E-state index is 12.4. The van der Waals surface area contributed by atoms with Crippen LogP contribution < -0.4 is 10.9 Å². The highest BCUT2D eigenvalue weighted by atomic mass is 16.6. The fourth-order valence-corrected chi connectivity index (χ4v) is 2.44. The Bertz CT molecular complexity index is 1130. The Morgan fingerprint density at radius 2 is 1.81 bits per heavy atom. The lowest BCUT2D eigenvalue weighted by Crippen LogP contribution is -2.32. The summed E-state index contributed by atoms with van der Waals surface area (Å²) in [5, 5.41) is 13.5. The average Bonchev–Trinajstić information content (AvgIpc) is 2.62. The fourth-order valence-electron chi connectivity index (χ4n) is 2.44. The lowest BCUT2D eigenvalue weighted by molar-refractivity contribution is -0.384. The quantitative estimate of drug-likeness (QED) is 0.565. The largest absolute Gasteiger partial charge is 0.438 e. The van der Waals surface area contributed by atoms with Crippen molar-refractivity contribution in [2.45, 2.75) is 13.8 Å². The van der Waals surface area contributed by atoms with Gasteiger partial charge >= 0.3 is 0 Å². The summed E-state index contributed by atoms with van der Waals surface area (Å²) in [4.78, 5) is 38.4. The number of rotatable bonds is 3. The minimum absolute atomic E-state index is 0.000967. The third-order valence-corrected chi connectivity index (χ3v) is 3.74. The van der Waals surface area contributed by atoms with Crippen LogP contribution in [0.25, 0.3) is 11.0 Å². The second kappa shape index (κ2) is 7.20. The first-order valence-electron chi connectivity index (χ1n) is 7.99. The monoisotopic (exact) mass is 365 g/mol. The molecule has 0 saturated heterocycles. The molecule has 0 bridgehead atoms. The van der Waals surface area contributed by atoms with Crippen molar-refractivity contribution in [1.29, 1.82) is 0 Å². The Morgan fingerprint density at radius 1 is 1.11 bits per heavy atom. The summed E-state index contributed by atoms with van der Waals surface area (Å²) >= 11 is 0. The van der Waals surface area contributed by atoms with E-state index in [1.807, 2.05) is 19.1 Å². The average molecular weight is 365 g/mol. The predicted octanol–water partition coefficient (Wildman–Crippen LogP) is 3.16. The molecule has 1 heterocycles. The van der Waals surface area contributed by atoms with E-state index in [0.717, 1.165) is 5.56 Å². The standard InChI is InChI=1S/C19H15N3O5/c1-11-3-5-14(6-4-11)21-19-16(18(24)20-12(2)23)10-13-9-15(22(25)26)7-8-17(13)27-19/h3-10H,1-2H3,(H,20,23,24). The van der Waals surface area contributed by atoms with Gasteiger partial charge in [0.1, 0.15) is 11.1 Å². The van der Waals surface area contributed by atoms with Gasteiger partial charge in [0.25, 0.3) is 11.6 Å². The van der Waals surface area contributed by atoms with Crippen LogP contribution in [0.5, 0.6) is 0 Å². The summed E-state index contributed by atoms with van der Waals surface area (Å²) in [5.74, 6) is -1.24. The molecule has 0 radical (unpaired) electrons. The van der Waals surface area contributed by atoms with Crippen LogP contribution in [-0.4, -0.2) is 16.7 Å². The van der Waals surface area contributed by atoms with Crippen molar-refractivity contribution >= 4 is 34.2 Å². The van der Waals surface area contributed by atoms with Gasteiger partial charge in [-0.15, -0.1) is 0 Å². The van der Waals surface area contributed by atoms with Crippen molar-refractivity contribution < 1.29 is 18.9 Å². The lowest BCUT2D eigenvalue weighted by Gasteiger charge is -2.05. The third kappa shape index (κ3) is 4.06. The van der Waals surface area contributed by atoms with Gasteiger partial charge in [0.05, 0.1) is 10.6 Å². The summed E-state index contributed by atoms with van der Waals surface area (Å²) in [7, 11) is 0. The molecule has 3 rings (SSSR count). The first-order valence-corrected chi connectivity index (χ1v) is 7.99. The summed E-state index contributed by atoms with van der Waals surface area (Å²) in [6, 6.07) is 12.7. The van der Waals surface area contributed by atoms with Gasteiger partial charge in [-0.1, -0.05) is 17.7 Å². The summed E-state index contributed by atoms with van der Waals surface area (Å²) in [6.07, 6.45) is 0. The van der Waals surface area contributed by atoms with Gasteiger partial charge in [0, 0.05) is 24.4 Å². The zero-order valence-corrected chi connectivity index (χ0v) is 14.6. The van der Waals surface area contributed by atoms with Gasteiger partial charge in [0.2, 0.25) is 11.5 Å². The number of non-ortho nitro benzene ring substituents is 1. The number of nitrogens with zero attached hydrogens (tertiary/aromatic N) is 2. The molecule has 8 heteroatoms. The first-order chi connectivity index (χ1) is 12.8. The molecular formula is C19H15N3O5. The number of nitro groups is 1. The van der Waals surface area contributed by atoms with Crippen LogP contribution in [0.4, 0.5) is 11.4 Å². The number of benzene rings is 2. The molecule has 0 aliphatic rings. The SMILES string of the molecule is CC(=O)NC(=O)c1cc2cc([N+](=O)[O-])ccc2oc1=Nc1ccc(C)cc1. The van der Waals surface area contributed by atoms with Crippen LogP contribution in [0.15, 0.2) is 57.9 Å². The molecule has 0 aliphatic carbocycles. The minimum Gasteiger partial charge on any atom is -0.438 e. The summed E-state index contributed by atoms with van der Waals surface area (Å²) in [5.41, 5.74) is 1.79. The molecule has 2 aromatic carbocycles. The maximum absolute atomic E-state index is 12.4. The van der Waals surface area contributed by atoms with Crippen LogP contribution in [0.3, 0.4) is 0 Å². The molecule has 0 fully saturated rings. The van der Waals surface area contributed by atoms with Crippen LogP contribution >= 0.6 is 0 Å². The molecular weight excluding hydrogens is 350 g/mol. The highest BCUT2D eigenvalue weighted by Crippen LogP contribution is 2.21. The molecule has 0 atom stereocenters. The Morgan fingerprint density at radius 3 is 2.44 bits per heavy atom. The highest BCUT2D eigenvalue weighted by molar-refractivity contribution is 6.05. The number of carbonyl (C=O) groups excluding carboxylic acids is 2. The number of nitrogens with one attached hydrogen (secondary N) is 1. The Labute approximate surface area is 153 Å². The number of amides is 2. The van der Waals surface area contributed by atoms with E-state index in [0.29, 0.717) is 16.7 Å². The molecule has 1 N–H and O–H groups in total. The van der Waals surface area contributed by atoms with E-state index in [2.05, 4.69) is 10.3 Å². The molecule has 0 saturated carbocycles. The molecule has 0 spiro atoms. The van der Waals surface area contributed by atoms with Gasteiger partial charge < -0.3 is 4.42 Å². The fraction of sp³-hybridized carbons (Fsp3) is 0.105. The predicted molar refractivity (Wildman–Crippen MR) is 97.4 cm³/mol. The second-order valence-electron chi connectivity index (χ2n) is 5.90. The molecule has 27 heavy (non-hydrogen) atoms. The van der Waals surface area contributed by atoms with Crippen LogP contribution in [-0.2, 0) is 4.79 Å². The number of fused-ring (bicyclic) bond motifs is 1. The van der Waals surface area contributed by atoms with Gasteiger partial charge in [0.15, 0.2) is 0 Å². The van der Waals surface area contributed by atoms with Crippen LogP contribution in [0, 0.1) is 17.0 Å². The molecule has 3 aromatic rings. The molecule has 0 unspecified atom stereocenters. The topological polar surface area (TPSA) is 115 Å². The summed E-state index contributed by atoms with van der Waals surface area (Å²) < 4.78 is 5.70. The van der Waals surface area contributed by atoms with Gasteiger partial charge in [-0.3, -0.25) is 25.0 Å². The van der Waals surface area contributed by atoms with E-state index in [1.54, 1.807) is 12.1 Å². The first kappa shape index (κ1) is 18.0. The number of hydrogen-bond acceptors (Lipinski definition) is 6. The Balaban J connectivity index is 2.24. The lowest BCUT2D eigenvalue weighted by atomic mass is 10.1. The molecule has 136 valence electrons. The van der Waals surface area contributed by atoms with Crippen molar-refractivity contribution in [2.24, 2.45) is 4.99 Å². The number of nitro benzene ring substituents is 1. The van der Waals surface area contributed by atoms with E-state index in [1.165, 1.54) is 31.2 Å². The maximum Gasteiger partial charge on any atom is 0.270 e. The van der Waals surface area contributed by atoms with Crippen LogP contribution in [0.2, 0.25) is 0 Å². The second-order valence-corrected chi connectivity index (χ2v) is 5.90. The van der Waals surface area contributed by atoms with Crippen molar-refractivity contribution in [3.63, 3.8) is 0 Å². The number of aryl methyl sites for hydroxylation is 1. The van der Waals surface area contributed by atoms with E-state index in [9.17, 15) is 19.7 Å². The van der Waals surface area contributed by atoms with Gasteiger partial charge in [-0.2, -0.15) is 0 Å². The Kier molecular flexibility index (Phi) is 4.80. The normalized spacial score (nSPS) is 11.4. The van der Waals surface area contributed by atoms with Crippen molar-refractivity contribution in [1.82, 2.24) is 5.32 Å². The molecule has 8 nitrogen and oxygen atoms in total. The highest BCUT2D eigenvalue weighted by Gasteiger charge is 2.16. The Hall–Kier alpha value is -3.81. The van der Waals surface area contributed by atoms with Crippen molar-refractivity contribution in [3.05, 3.63) is 75.3 Å².